The van der Waals surface area contributed by atoms with Crippen LogP contribution in [-0.2, 0) is 22.1 Å². The van der Waals surface area contributed by atoms with E-state index in [1.165, 1.54) is 0 Å². The van der Waals surface area contributed by atoms with Crippen molar-refractivity contribution in [2.45, 2.75) is 76.8 Å². The van der Waals surface area contributed by atoms with Gasteiger partial charge in [-0.15, -0.1) is 0 Å². The summed E-state index contributed by atoms with van der Waals surface area (Å²) in [7, 11) is -1.10. The molecule has 2 aromatic heterocycles. The van der Waals surface area contributed by atoms with E-state index in [0.717, 1.165) is 53.9 Å². The van der Waals surface area contributed by atoms with Crippen LogP contribution in [0, 0.1) is 12.8 Å². The molecule has 9 nitrogen and oxygen atoms in total. The Morgan fingerprint density at radius 3 is 2.54 bits per heavy atom. The predicted molar refractivity (Wildman–Crippen MR) is 153 cm³/mol. The van der Waals surface area contributed by atoms with Crippen molar-refractivity contribution in [3.63, 3.8) is 0 Å². The lowest BCUT2D eigenvalue weighted by Crippen LogP contribution is -2.58. The summed E-state index contributed by atoms with van der Waals surface area (Å²) in [6.45, 7) is 12.6. The van der Waals surface area contributed by atoms with Crippen LogP contribution in [0.25, 0.3) is 5.70 Å². The summed E-state index contributed by atoms with van der Waals surface area (Å²) < 4.78 is 11.7. The van der Waals surface area contributed by atoms with Crippen LogP contribution >= 0.6 is 0 Å². The smallest absolute Gasteiger partial charge is 0.295 e. The van der Waals surface area contributed by atoms with Crippen LogP contribution in [0.3, 0.4) is 0 Å². The summed E-state index contributed by atoms with van der Waals surface area (Å²) in [5.74, 6) is 1.42. The van der Waals surface area contributed by atoms with Crippen LogP contribution in [-0.4, -0.2) is 53.9 Å². The Kier molecular flexibility index (Phi) is 7.57. The van der Waals surface area contributed by atoms with Gasteiger partial charge in [-0.2, -0.15) is 0 Å². The highest BCUT2D eigenvalue weighted by Crippen LogP contribution is 2.43. The van der Waals surface area contributed by atoms with Crippen molar-refractivity contribution in [3.05, 3.63) is 65.2 Å². The second-order valence-electron chi connectivity index (χ2n) is 10.7. The van der Waals surface area contributed by atoms with Gasteiger partial charge in [0.05, 0.1) is 50.7 Å². The molecule has 39 heavy (non-hydrogen) atoms. The topological polar surface area (TPSA) is 113 Å². The first-order valence-electron chi connectivity index (χ1n) is 13.4. The number of rotatable bonds is 8. The fourth-order valence-electron chi connectivity index (χ4n) is 4.82. The van der Waals surface area contributed by atoms with Gasteiger partial charge >= 0.3 is 0 Å². The third kappa shape index (κ3) is 5.75. The Labute approximate surface area is 232 Å². The molecule has 2 saturated carbocycles. The van der Waals surface area contributed by atoms with Crippen molar-refractivity contribution >= 4 is 34.1 Å². The number of pyridine rings is 1. The minimum atomic E-state index is -1.10. The van der Waals surface area contributed by atoms with E-state index in [4.69, 9.17) is 4.99 Å². The van der Waals surface area contributed by atoms with Gasteiger partial charge in [-0.05, 0) is 77.0 Å². The molecule has 0 spiro atoms. The van der Waals surface area contributed by atoms with Crippen molar-refractivity contribution in [2.24, 2.45) is 15.9 Å². The summed E-state index contributed by atoms with van der Waals surface area (Å²) in [5.41, 5.74) is 5.66. The van der Waals surface area contributed by atoms with E-state index in [-0.39, 0.29) is 24.3 Å². The van der Waals surface area contributed by atoms with E-state index in [1.54, 1.807) is 35.8 Å². The number of nitrogens with zero attached hydrogens (tertiary/aromatic N) is 6. The number of aliphatic imine (C=N–C) groups is 2. The first-order valence-corrected chi connectivity index (χ1v) is 14.9. The Morgan fingerprint density at radius 1 is 1.21 bits per heavy atom. The fraction of sp³-hybridized carbons (Fsp3) is 0.448. The first-order chi connectivity index (χ1) is 18.7. The quantitative estimate of drug-likeness (QED) is 0.530. The molecule has 0 radical (unpaired) electrons. The van der Waals surface area contributed by atoms with Crippen LogP contribution < -0.4 is 5.32 Å². The number of hydrogen-bond acceptors (Lipinski definition) is 7. The van der Waals surface area contributed by atoms with Crippen molar-refractivity contribution in [1.29, 1.82) is 0 Å². The van der Waals surface area contributed by atoms with E-state index in [9.17, 15) is 9.00 Å². The monoisotopic (exact) mass is 545 g/mol. The lowest BCUT2D eigenvalue weighted by molar-refractivity contribution is -0.122. The van der Waals surface area contributed by atoms with Gasteiger partial charge in [0.25, 0.3) is 5.91 Å². The second kappa shape index (κ2) is 10.9. The number of aryl methyl sites for hydroxylation is 1. The zero-order valence-electron chi connectivity index (χ0n) is 23.2. The van der Waals surface area contributed by atoms with Gasteiger partial charge < -0.3 is 5.32 Å². The third-order valence-electron chi connectivity index (χ3n) is 7.42. The minimum Gasteiger partial charge on any atom is -0.333 e. The normalized spacial score (nSPS) is 21.2. The van der Waals surface area contributed by atoms with E-state index in [1.807, 2.05) is 20.8 Å². The molecule has 3 heterocycles. The molecule has 1 N–H and O–H groups in total. The first kappa shape index (κ1) is 27.1. The van der Waals surface area contributed by atoms with Gasteiger partial charge in [-0.3, -0.25) is 23.9 Å². The summed E-state index contributed by atoms with van der Waals surface area (Å²) in [6, 6.07) is 3.52. The van der Waals surface area contributed by atoms with Gasteiger partial charge in [0.1, 0.15) is 6.33 Å². The van der Waals surface area contributed by atoms with Gasteiger partial charge in [0.2, 0.25) is 0 Å². The molecule has 5 rings (SSSR count). The second-order valence-corrected chi connectivity index (χ2v) is 12.1. The molecule has 2 atom stereocenters. The fourth-order valence-corrected chi connectivity index (χ4v) is 5.29. The van der Waals surface area contributed by atoms with Crippen molar-refractivity contribution in [1.82, 2.24) is 25.2 Å². The number of carbonyl (C=O) groups excluding carboxylic acids is 1. The lowest BCUT2D eigenvalue weighted by atomic mass is 10.0. The molecular weight excluding hydrogens is 510 g/mol. The van der Waals surface area contributed by atoms with Crippen LogP contribution in [0.4, 0.5) is 0 Å². The maximum atomic E-state index is 13.9. The summed E-state index contributed by atoms with van der Waals surface area (Å²) in [6.07, 6.45) is 9.17. The molecule has 1 amide bonds. The molecule has 3 fully saturated rings. The van der Waals surface area contributed by atoms with E-state index >= 15 is 0 Å². The van der Waals surface area contributed by atoms with Gasteiger partial charge in [-0.1, -0.05) is 6.58 Å². The Balaban J connectivity index is 1.52. The van der Waals surface area contributed by atoms with E-state index in [0.29, 0.717) is 34.0 Å². The highest BCUT2D eigenvalue weighted by atomic mass is 32.2. The molecule has 0 aromatic carbocycles. The lowest BCUT2D eigenvalue weighted by Gasteiger charge is -2.37. The van der Waals surface area contributed by atoms with Gasteiger partial charge in [0.15, 0.2) is 11.7 Å². The van der Waals surface area contributed by atoms with Gasteiger partial charge in [0, 0.05) is 30.0 Å². The number of amidine groups is 2. The Bertz CT molecular complexity index is 1430. The number of hydrogen-bond donors (Lipinski definition) is 1. The van der Waals surface area contributed by atoms with E-state index in [2.05, 4.69) is 38.8 Å². The van der Waals surface area contributed by atoms with Crippen molar-refractivity contribution in [2.75, 3.05) is 6.26 Å². The number of allylic oxidation sites excluding steroid dienone is 1. The highest BCUT2D eigenvalue weighted by Gasteiger charge is 2.42. The van der Waals surface area contributed by atoms with Gasteiger partial charge in [-0.25, -0.2) is 15.0 Å². The van der Waals surface area contributed by atoms with Crippen LogP contribution in [0.1, 0.15) is 75.0 Å². The molecule has 3 aliphatic rings. The standard InChI is InChI=1S/C29H35N7O2S/c1-16(2)25-28(34-18(4)24-17(3)32-15-33-26(24)21-9-10-21)36(19(5)20-7-8-20)29(37)27(35-25)31-13-22-11-12-23(14-30-22)39(6)38/h11-12,14-15,19-21H,4,7-10,13H2,1-3,5-6H3,(H,31,35). The molecule has 1 aliphatic heterocycles. The zero-order valence-corrected chi connectivity index (χ0v) is 24.0. The van der Waals surface area contributed by atoms with Crippen LogP contribution in [0.2, 0.25) is 0 Å². The third-order valence-corrected chi connectivity index (χ3v) is 8.32. The maximum Gasteiger partial charge on any atom is 0.295 e. The summed E-state index contributed by atoms with van der Waals surface area (Å²) in [5, 5.41) is 3.28. The molecular formula is C29H35N7O2S. The molecule has 1 saturated heterocycles. The highest BCUT2D eigenvalue weighted by molar-refractivity contribution is 7.84. The number of piperazine rings is 1. The largest absolute Gasteiger partial charge is 0.333 e. The molecule has 2 unspecified atom stereocenters. The average Bonchev–Trinajstić information content (AvgIpc) is 3.81. The number of aromatic nitrogens is 3. The van der Waals surface area contributed by atoms with Crippen molar-refractivity contribution < 1.29 is 9.00 Å². The average molecular weight is 546 g/mol. The summed E-state index contributed by atoms with van der Waals surface area (Å²) in [4.78, 5) is 39.4. The molecule has 2 aliphatic carbocycles. The Hall–Kier alpha value is -3.53. The number of amides is 1. The SMILES string of the molecule is C=C(N=C1C(=C(C)C)NC(=NCc2ccc(S(C)=O)cn2)C(=O)N1C(C)C1CC1)c1c(C)ncnc1C1CC1. The predicted octanol–water partition coefficient (Wildman–Crippen LogP) is 4.29. The number of nitrogens with one attached hydrogen (secondary N) is 1. The summed E-state index contributed by atoms with van der Waals surface area (Å²) >= 11 is 0. The van der Waals surface area contributed by atoms with Crippen LogP contribution in [0.15, 0.2) is 57.4 Å². The molecule has 2 aromatic rings. The van der Waals surface area contributed by atoms with E-state index < -0.39 is 10.8 Å². The molecule has 0 bridgehead atoms. The Morgan fingerprint density at radius 2 is 1.95 bits per heavy atom. The minimum absolute atomic E-state index is 0.0429. The molecule has 204 valence electrons. The molecule has 10 heteroatoms. The maximum absolute atomic E-state index is 13.9. The van der Waals surface area contributed by atoms with Crippen LogP contribution in [0.5, 0.6) is 0 Å². The zero-order chi connectivity index (χ0) is 27.8. The number of carbonyl (C=O) groups is 1. The van der Waals surface area contributed by atoms with Crippen molar-refractivity contribution in [3.8, 4) is 0 Å².